The summed E-state index contributed by atoms with van der Waals surface area (Å²) in [6.45, 7) is 2.07. The van der Waals surface area contributed by atoms with Crippen molar-refractivity contribution in [1.29, 1.82) is 0 Å². The van der Waals surface area contributed by atoms with E-state index in [2.05, 4.69) is 14.9 Å². The van der Waals surface area contributed by atoms with Crippen LogP contribution >= 0.6 is 11.6 Å². The second-order valence-electron chi connectivity index (χ2n) is 4.73. The van der Waals surface area contributed by atoms with E-state index in [-0.39, 0.29) is 0 Å². The smallest absolute Gasteiger partial charge is 0.227 e. The van der Waals surface area contributed by atoms with E-state index in [0.717, 1.165) is 29.9 Å². The van der Waals surface area contributed by atoms with E-state index in [1.54, 1.807) is 0 Å². The Morgan fingerprint density at radius 3 is 2.44 bits per heavy atom. The van der Waals surface area contributed by atoms with Crippen molar-refractivity contribution >= 4 is 28.5 Å². The van der Waals surface area contributed by atoms with Gasteiger partial charge in [0.2, 0.25) is 5.95 Å². The highest BCUT2D eigenvalue weighted by Crippen LogP contribution is 2.24. The van der Waals surface area contributed by atoms with Gasteiger partial charge in [-0.2, -0.15) is 0 Å². The minimum Gasteiger partial charge on any atom is -0.341 e. The molecule has 0 aliphatic carbocycles. The molecular formula is C14H16ClN3. The molecule has 1 saturated heterocycles. The molecule has 0 amide bonds. The van der Waals surface area contributed by atoms with E-state index >= 15 is 0 Å². The quantitative estimate of drug-likeness (QED) is 0.734. The monoisotopic (exact) mass is 261 g/mol. The summed E-state index contributed by atoms with van der Waals surface area (Å²) < 4.78 is 0. The first-order chi connectivity index (χ1) is 8.84. The van der Waals surface area contributed by atoms with E-state index in [1.165, 1.54) is 25.7 Å². The summed E-state index contributed by atoms with van der Waals surface area (Å²) in [6, 6.07) is 7.90. The maximum absolute atomic E-state index is 6.24. The van der Waals surface area contributed by atoms with Crippen LogP contribution in [0.2, 0.25) is 5.15 Å². The molecule has 3 rings (SSSR count). The molecule has 4 heteroatoms. The fraction of sp³-hybridized carbons (Fsp3) is 0.429. The van der Waals surface area contributed by atoms with Crippen molar-refractivity contribution in [2.75, 3.05) is 18.0 Å². The number of rotatable bonds is 1. The van der Waals surface area contributed by atoms with Crippen molar-refractivity contribution in [2.24, 2.45) is 0 Å². The van der Waals surface area contributed by atoms with Crippen LogP contribution in [0.1, 0.15) is 25.7 Å². The van der Waals surface area contributed by atoms with Crippen LogP contribution < -0.4 is 4.90 Å². The standard InChI is InChI=1S/C14H16ClN3/c15-13-11-7-3-4-8-12(11)16-14(17-13)18-9-5-1-2-6-10-18/h3-4,7-8H,1-2,5-6,9-10H2. The molecule has 1 aliphatic heterocycles. The molecule has 0 N–H and O–H groups in total. The van der Waals surface area contributed by atoms with Crippen LogP contribution in [0.25, 0.3) is 10.9 Å². The summed E-state index contributed by atoms with van der Waals surface area (Å²) in [4.78, 5) is 11.3. The Balaban J connectivity index is 2.01. The molecular weight excluding hydrogens is 246 g/mol. The number of halogens is 1. The topological polar surface area (TPSA) is 29.0 Å². The summed E-state index contributed by atoms with van der Waals surface area (Å²) in [5.74, 6) is 0.778. The average Bonchev–Trinajstić information content (AvgIpc) is 2.67. The number of aromatic nitrogens is 2. The number of para-hydroxylation sites is 1. The molecule has 1 aromatic carbocycles. The third kappa shape index (κ3) is 2.27. The highest BCUT2D eigenvalue weighted by molar-refractivity contribution is 6.34. The van der Waals surface area contributed by atoms with Gasteiger partial charge >= 0.3 is 0 Å². The van der Waals surface area contributed by atoms with Gasteiger partial charge in [0.05, 0.1) is 5.52 Å². The van der Waals surface area contributed by atoms with Gasteiger partial charge in [0, 0.05) is 18.5 Å². The van der Waals surface area contributed by atoms with Gasteiger partial charge in [0.25, 0.3) is 0 Å². The molecule has 2 heterocycles. The molecule has 0 radical (unpaired) electrons. The second-order valence-corrected chi connectivity index (χ2v) is 5.09. The Bertz CT molecular complexity index is 548. The fourth-order valence-electron chi connectivity index (χ4n) is 2.44. The minimum atomic E-state index is 0.555. The first-order valence-corrected chi connectivity index (χ1v) is 6.89. The van der Waals surface area contributed by atoms with Gasteiger partial charge in [0.1, 0.15) is 5.15 Å². The number of benzene rings is 1. The van der Waals surface area contributed by atoms with Gasteiger partial charge in [-0.15, -0.1) is 0 Å². The highest BCUT2D eigenvalue weighted by atomic mass is 35.5. The molecule has 1 fully saturated rings. The summed E-state index contributed by atoms with van der Waals surface area (Å²) in [5, 5.41) is 1.48. The number of anilines is 1. The number of hydrogen-bond donors (Lipinski definition) is 0. The third-order valence-electron chi connectivity index (χ3n) is 3.43. The van der Waals surface area contributed by atoms with Crippen molar-refractivity contribution in [3.8, 4) is 0 Å². The first-order valence-electron chi connectivity index (χ1n) is 6.52. The number of hydrogen-bond acceptors (Lipinski definition) is 3. The number of fused-ring (bicyclic) bond motifs is 1. The van der Waals surface area contributed by atoms with Gasteiger partial charge in [-0.3, -0.25) is 0 Å². The molecule has 0 unspecified atom stereocenters. The van der Waals surface area contributed by atoms with Gasteiger partial charge in [-0.1, -0.05) is 36.6 Å². The molecule has 0 atom stereocenters. The Labute approximate surface area is 112 Å². The van der Waals surface area contributed by atoms with Gasteiger partial charge < -0.3 is 4.90 Å². The fourth-order valence-corrected chi connectivity index (χ4v) is 2.67. The zero-order valence-corrected chi connectivity index (χ0v) is 11.0. The Morgan fingerprint density at radius 1 is 0.944 bits per heavy atom. The SMILES string of the molecule is Clc1nc(N2CCCCCC2)nc2ccccc12. The molecule has 0 bridgehead atoms. The second kappa shape index (κ2) is 5.11. The van der Waals surface area contributed by atoms with Crippen LogP contribution in [0.5, 0.6) is 0 Å². The lowest BCUT2D eigenvalue weighted by atomic mass is 10.2. The summed E-state index contributed by atoms with van der Waals surface area (Å²) in [7, 11) is 0. The Morgan fingerprint density at radius 2 is 1.67 bits per heavy atom. The van der Waals surface area contributed by atoms with Crippen LogP contribution in [-0.4, -0.2) is 23.1 Å². The van der Waals surface area contributed by atoms with Crippen molar-refractivity contribution in [3.63, 3.8) is 0 Å². The summed E-state index contributed by atoms with van der Waals surface area (Å²) in [6.07, 6.45) is 5.04. The highest BCUT2D eigenvalue weighted by Gasteiger charge is 2.14. The molecule has 94 valence electrons. The lowest BCUT2D eigenvalue weighted by Gasteiger charge is -2.20. The van der Waals surface area contributed by atoms with Crippen molar-refractivity contribution in [2.45, 2.75) is 25.7 Å². The van der Waals surface area contributed by atoms with Crippen LogP contribution in [0.15, 0.2) is 24.3 Å². The molecule has 18 heavy (non-hydrogen) atoms. The van der Waals surface area contributed by atoms with E-state index in [1.807, 2.05) is 24.3 Å². The van der Waals surface area contributed by atoms with Gasteiger partial charge in [-0.25, -0.2) is 9.97 Å². The van der Waals surface area contributed by atoms with E-state index in [4.69, 9.17) is 11.6 Å². The zero-order valence-electron chi connectivity index (χ0n) is 10.3. The first kappa shape index (κ1) is 11.7. The maximum atomic E-state index is 6.24. The summed E-state index contributed by atoms with van der Waals surface area (Å²) in [5.41, 5.74) is 0.928. The number of nitrogens with zero attached hydrogens (tertiary/aromatic N) is 3. The third-order valence-corrected chi connectivity index (χ3v) is 3.72. The predicted octanol–water partition coefficient (Wildman–Crippen LogP) is 3.66. The zero-order chi connectivity index (χ0) is 12.4. The van der Waals surface area contributed by atoms with E-state index in [0.29, 0.717) is 5.15 Å². The van der Waals surface area contributed by atoms with Gasteiger partial charge in [0.15, 0.2) is 0 Å². The molecule has 3 nitrogen and oxygen atoms in total. The van der Waals surface area contributed by atoms with Gasteiger partial charge in [-0.05, 0) is 25.0 Å². The van der Waals surface area contributed by atoms with Crippen LogP contribution in [0.4, 0.5) is 5.95 Å². The largest absolute Gasteiger partial charge is 0.341 e. The average molecular weight is 262 g/mol. The lowest BCUT2D eigenvalue weighted by Crippen LogP contribution is -2.26. The van der Waals surface area contributed by atoms with Crippen molar-refractivity contribution in [1.82, 2.24) is 9.97 Å². The molecule has 0 spiro atoms. The molecule has 2 aromatic rings. The van der Waals surface area contributed by atoms with Crippen LogP contribution in [0.3, 0.4) is 0 Å². The lowest BCUT2D eigenvalue weighted by molar-refractivity contribution is 0.726. The Hall–Kier alpha value is -1.35. The minimum absolute atomic E-state index is 0.555. The van der Waals surface area contributed by atoms with Crippen LogP contribution in [-0.2, 0) is 0 Å². The van der Waals surface area contributed by atoms with Crippen molar-refractivity contribution < 1.29 is 0 Å². The molecule has 1 aliphatic rings. The van der Waals surface area contributed by atoms with E-state index in [9.17, 15) is 0 Å². The molecule has 0 saturated carbocycles. The van der Waals surface area contributed by atoms with Crippen LogP contribution in [0, 0.1) is 0 Å². The predicted molar refractivity (Wildman–Crippen MR) is 75.2 cm³/mol. The summed E-state index contributed by atoms with van der Waals surface area (Å²) >= 11 is 6.24. The van der Waals surface area contributed by atoms with E-state index < -0.39 is 0 Å². The Kier molecular flexibility index (Phi) is 3.33. The molecule has 1 aromatic heterocycles. The normalized spacial score (nSPS) is 16.8. The maximum Gasteiger partial charge on any atom is 0.227 e. The van der Waals surface area contributed by atoms with Crippen molar-refractivity contribution in [3.05, 3.63) is 29.4 Å².